The van der Waals surface area contributed by atoms with Gasteiger partial charge >= 0.3 is 5.97 Å². The Labute approximate surface area is 261 Å². The molecule has 12 nitrogen and oxygen atoms in total. The maximum absolute atomic E-state index is 13.4. The number of aromatic nitrogens is 1. The number of aromatic amines is 1. The lowest BCUT2D eigenvalue weighted by Crippen LogP contribution is -2.43. The summed E-state index contributed by atoms with van der Waals surface area (Å²) in [4.78, 5) is 33.8. The Morgan fingerprint density at radius 3 is 2.42 bits per heavy atom. The van der Waals surface area contributed by atoms with E-state index < -0.39 is 24.1 Å². The molecule has 0 saturated carbocycles. The van der Waals surface area contributed by atoms with Crippen LogP contribution < -0.4 is 25.4 Å². The largest absolute Gasteiger partial charge is 0.487 e. The molecule has 0 spiro atoms. The number of H-pyrrole nitrogens is 1. The normalized spacial score (nSPS) is 14.2. The van der Waals surface area contributed by atoms with Gasteiger partial charge in [-0.1, -0.05) is 24.3 Å². The number of ether oxygens (including phenoxy) is 5. The number of fused-ring (bicyclic) bond motifs is 2. The quantitative estimate of drug-likeness (QED) is 0.114. The summed E-state index contributed by atoms with van der Waals surface area (Å²) in [5.74, 6) is 0.173. The zero-order chi connectivity index (χ0) is 31.6. The van der Waals surface area contributed by atoms with E-state index in [1.807, 2.05) is 48.7 Å². The monoisotopic (exact) mass is 615 g/mol. The number of hydrogen-bond donors (Lipinski definition) is 4. The summed E-state index contributed by atoms with van der Waals surface area (Å²) in [5, 5.41) is 10.4. The van der Waals surface area contributed by atoms with Crippen LogP contribution in [0.5, 0.6) is 11.5 Å². The van der Waals surface area contributed by atoms with Crippen molar-refractivity contribution in [2.75, 3.05) is 58.4 Å². The van der Waals surface area contributed by atoms with Crippen molar-refractivity contribution >= 4 is 40.5 Å². The van der Waals surface area contributed by atoms with E-state index in [2.05, 4.69) is 25.9 Å². The van der Waals surface area contributed by atoms with Gasteiger partial charge in [0.2, 0.25) is 0 Å². The molecule has 2 atom stereocenters. The molecule has 3 aromatic carbocycles. The topological polar surface area (TPSA) is 145 Å². The molecule has 236 valence electrons. The smallest absolute Gasteiger partial charge is 0.328 e. The lowest BCUT2D eigenvalue weighted by atomic mass is 10.0. The van der Waals surface area contributed by atoms with Crippen LogP contribution in [0.3, 0.4) is 0 Å². The van der Waals surface area contributed by atoms with Crippen molar-refractivity contribution in [2.45, 2.75) is 18.6 Å². The fourth-order valence-corrected chi connectivity index (χ4v) is 5.00. The first-order chi connectivity index (χ1) is 22.0. The van der Waals surface area contributed by atoms with Crippen molar-refractivity contribution in [3.63, 3.8) is 0 Å². The van der Waals surface area contributed by atoms with Crippen LogP contribution in [0.4, 0.5) is 11.4 Å². The molecule has 0 saturated heterocycles. The van der Waals surface area contributed by atoms with Gasteiger partial charge in [0, 0.05) is 60.6 Å². The number of carbonyl (C=O) groups excluding carboxylic acids is 2. The minimum Gasteiger partial charge on any atom is -0.487 e. The summed E-state index contributed by atoms with van der Waals surface area (Å²) in [6.07, 6.45) is 3.23. The molecule has 12 heteroatoms. The molecular formula is C33H37N5O7. The predicted molar refractivity (Wildman–Crippen MR) is 171 cm³/mol. The first-order valence-electron chi connectivity index (χ1n) is 14.5. The molecule has 5 rings (SSSR count). The van der Waals surface area contributed by atoms with Gasteiger partial charge in [0.1, 0.15) is 25.4 Å². The van der Waals surface area contributed by atoms with Crippen LogP contribution in [0.1, 0.15) is 27.7 Å². The zero-order valence-corrected chi connectivity index (χ0v) is 25.4. The minimum absolute atomic E-state index is 0.271. The third-order valence-electron chi connectivity index (χ3n) is 7.26. The molecule has 2 heterocycles. The van der Waals surface area contributed by atoms with E-state index in [-0.39, 0.29) is 6.42 Å². The van der Waals surface area contributed by atoms with Crippen molar-refractivity contribution in [3.05, 3.63) is 83.6 Å². The predicted octanol–water partition coefficient (Wildman–Crippen LogP) is 4.30. The van der Waals surface area contributed by atoms with Crippen LogP contribution in [0.15, 0.2) is 71.9 Å². The van der Waals surface area contributed by atoms with Gasteiger partial charge in [-0.25, -0.2) is 9.79 Å². The molecule has 1 aliphatic heterocycles. The molecule has 0 bridgehead atoms. The van der Waals surface area contributed by atoms with Crippen LogP contribution in [0.2, 0.25) is 0 Å². The summed E-state index contributed by atoms with van der Waals surface area (Å²) >= 11 is 0. The van der Waals surface area contributed by atoms with Crippen molar-refractivity contribution < 1.29 is 33.3 Å². The SMILES string of the molecule is COCCOc1cc2c(cc1OCCOC)[C@H](Nc1cccc(C(=O)N[C@H](Cc3c[nH]c4ccccc34)C(=O)OC)c1)N=CN2. The molecule has 0 aliphatic carbocycles. The number of methoxy groups -OCH3 is 3. The van der Waals surface area contributed by atoms with Crippen molar-refractivity contribution in [2.24, 2.45) is 4.99 Å². The molecule has 1 aliphatic rings. The average molecular weight is 616 g/mol. The number of benzene rings is 3. The second-order valence-electron chi connectivity index (χ2n) is 10.2. The minimum atomic E-state index is -0.879. The number of carbonyl (C=O) groups is 2. The molecule has 4 aromatic rings. The van der Waals surface area contributed by atoms with Crippen molar-refractivity contribution in [3.8, 4) is 11.5 Å². The lowest BCUT2D eigenvalue weighted by molar-refractivity contribution is -0.142. The number of para-hydroxylation sites is 1. The highest BCUT2D eigenvalue weighted by Crippen LogP contribution is 2.39. The Kier molecular flexibility index (Phi) is 10.5. The van der Waals surface area contributed by atoms with Crippen LogP contribution in [-0.2, 0) is 25.4 Å². The van der Waals surface area contributed by atoms with Gasteiger partial charge in [-0.3, -0.25) is 4.79 Å². The number of amides is 1. The maximum atomic E-state index is 13.4. The average Bonchev–Trinajstić information content (AvgIpc) is 3.47. The molecule has 0 unspecified atom stereocenters. The number of anilines is 2. The first-order valence-corrected chi connectivity index (χ1v) is 14.5. The maximum Gasteiger partial charge on any atom is 0.328 e. The number of aliphatic imine (C=N–C) groups is 1. The van der Waals surface area contributed by atoms with E-state index in [4.69, 9.17) is 23.7 Å². The highest BCUT2D eigenvalue weighted by atomic mass is 16.5. The number of esters is 1. The summed E-state index contributed by atoms with van der Waals surface area (Å²) in [5.41, 5.74) is 4.50. The zero-order valence-electron chi connectivity index (χ0n) is 25.4. The number of nitrogens with zero attached hydrogens (tertiary/aromatic N) is 1. The number of hydrogen-bond acceptors (Lipinski definition) is 10. The molecule has 4 N–H and O–H groups in total. The third-order valence-corrected chi connectivity index (χ3v) is 7.26. The molecule has 1 aromatic heterocycles. The van der Waals surface area contributed by atoms with Gasteiger partial charge in [0.25, 0.3) is 5.91 Å². The van der Waals surface area contributed by atoms with Gasteiger partial charge in [-0.2, -0.15) is 0 Å². The van der Waals surface area contributed by atoms with Crippen molar-refractivity contribution in [1.82, 2.24) is 10.3 Å². The Hall–Kier alpha value is -5.07. The molecule has 0 radical (unpaired) electrons. The standard InChI is InChI=1S/C33H37N5O7/c1-41-11-13-44-29-17-25-27(18-30(29)45-14-12-42-2)35-20-36-31(25)37-23-8-6-7-21(15-23)32(39)38-28(33(40)43-3)16-22-19-34-26-10-5-4-9-24(22)26/h4-10,15,17-20,28,31,34,37H,11-14,16H2,1-3H3,(H,35,36)(H,38,39)/t28-,31+/m1/s1. The van der Waals surface area contributed by atoms with Crippen LogP contribution in [-0.4, -0.2) is 77.0 Å². The first kappa shape index (κ1) is 31.4. The van der Waals surface area contributed by atoms with E-state index in [9.17, 15) is 9.59 Å². The highest BCUT2D eigenvalue weighted by Gasteiger charge is 2.25. The van der Waals surface area contributed by atoms with Crippen molar-refractivity contribution in [1.29, 1.82) is 0 Å². The lowest BCUT2D eigenvalue weighted by Gasteiger charge is -2.25. The molecule has 1 amide bonds. The van der Waals surface area contributed by atoms with Crippen LogP contribution in [0.25, 0.3) is 10.9 Å². The summed E-state index contributed by atoms with van der Waals surface area (Å²) in [6, 6.07) is 17.7. The van der Waals surface area contributed by atoms with Crippen LogP contribution in [0, 0.1) is 0 Å². The summed E-state index contributed by atoms with van der Waals surface area (Å²) in [6.45, 7) is 1.55. The van der Waals surface area contributed by atoms with Gasteiger partial charge in [0.15, 0.2) is 11.5 Å². The van der Waals surface area contributed by atoms with Gasteiger partial charge in [0.05, 0.1) is 32.3 Å². The van der Waals surface area contributed by atoms with Gasteiger partial charge in [-0.15, -0.1) is 0 Å². The van der Waals surface area contributed by atoms with E-state index in [0.717, 1.165) is 27.7 Å². The van der Waals surface area contributed by atoms with E-state index in [1.165, 1.54) is 7.11 Å². The second-order valence-corrected chi connectivity index (χ2v) is 10.2. The van der Waals surface area contributed by atoms with Gasteiger partial charge < -0.3 is 44.6 Å². The molecular weight excluding hydrogens is 578 g/mol. The summed E-state index contributed by atoms with van der Waals surface area (Å²) in [7, 11) is 4.53. The highest BCUT2D eigenvalue weighted by molar-refractivity contribution is 5.98. The Bertz CT molecular complexity index is 1650. The Balaban J connectivity index is 1.32. The third kappa shape index (κ3) is 7.72. The molecule has 45 heavy (non-hydrogen) atoms. The van der Waals surface area contributed by atoms with Gasteiger partial charge in [-0.05, 0) is 35.9 Å². The second kappa shape index (κ2) is 15.1. The molecule has 0 fully saturated rings. The van der Waals surface area contributed by atoms with E-state index >= 15 is 0 Å². The fourth-order valence-electron chi connectivity index (χ4n) is 5.00. The van der Waals surface area contributed by atoms with E-state index in [1.54, 1.807) is 38.8 Å². The fraction of sp³-hybridized carbons (Fsp3) is 0.303. The Morgan fingerprint density at radius 2 is 1.67 bits per heavy atom. The van der Waals surface area contributed by atoms with E-state index in [0.29, 0.717) is 49.2 Å². The number of nitrogens with one attached hydrogen (secondary N) is 4. The summed E-state index contributed by atoms with van der Waals surface area (Å²) < 4.78 is 27.1. The van der Waals surface area contributed by atoms with Crippen LogP contribution >= 0.6 is 0 Å². The number of rotatable bonds is 15. The Morgan fingerprint density at radius 1 is 0.911 bits per heavy atom.